The average Bonchev–Trinajstić information content (AvgIpc) is 2.60. The first-order valence-corrected chi connectivity index (χ1v) is 7.90. The van der Waals surface area contributed by atoms with E-state index in [0.717, 1.165) is 11.1 Å². The van der Waals surface area contributed by atoms with Crippen molar-refractivity contribution in [3.63, 3.8) is 0 Å². The van der Waals surface area contributed by atoms with E-state index in [2.05, 4.69) is 0 Å². The number of hydrogen-bond donors (Lipinski definition) is 2. The van der Waals surface area contributed by atoms with Crippen molar-refractivity contribution in [1.82, 2.24) is 4.90 Å². The van der Waals surface area contributed by atoms with E-state index < -0.39 is 0 Å². The molecule has 0 spiro atoms. The van der Waals surface area contributed by atoms with Gasteiger partial charge >= 0.3 is 0 Å². The molecular weight excluding hydrogens is 322 g/mol. The van der Waals surface area contributed by atoms with E-state index in [1.807, 2.05) is 0 Å². The van der Waals surface area contributed by atoms with Gasteiger partial charge in [0.15, 0.2) is 23.0 Å². The van der Waals surface area contributed by atoms with Gasteiger partial charge in [-0.05, 0) is 41.8 Å². The molecule has 2 N–H and O–H groups in total. The molecule has 0 aromatic heterocycles. The number of ether oxygens (including phenoxy) is 2. The van der Waals surface area contributed by atoms with Gasteiger partial charge in [-0.15, -0.1) is 0 Å². The van der Waals surface area contributed by atoms with Crippen LogP contribution in [0.2, 0.25) is 0 Å². The highest BCUT2D eigenvalue weighted by Crippen LogP contribution is 2.27. The molecule has 0 saturated carbocycles. The second-order valence-corrected chi connectivity index (χ2v) is 5.75. The highest BCUT2D eigenvalue weighted by Gasteiger charge is 2.12. The Balaban J connectivity index is 1.93. The van der Waals surface area contributed by atoms with Gasteiger partial charge in [0.05, 0.1) is 20.6 Å². The summed E-state index contributed by atoms with van der Waals surface area (Å²) in [5, 5.41) is 19.4. The fourth-order valence-electron chi connectivity index (χ4n) is 2.45. The lowest BCUT2D eigenvalue weighted by Gasteiger charge is -2.18. The molecule has 134 valence electrons. The summed E-state index contributed by atoms with van der Waals surface area (Å²) in [5.41, 5.74) is 1.69. The van der Waals surface area contributed by atoms with Gasteiger partial charge < -0.3 is 24.6 Å². The second-order valence-electron chi connectivity index (χ2n) is 5.75. The minimum absolute atomic E-state index is 0.0200. The number of rotatable bonds is 7. The molecule has 0 unspecified atom stereocenters. The van der Waals surface area contributed by atoms with Gasteiger partial charge in [0, 0.05) is 13.6 Å². The van der Waals surface area contributed by atoms with Crippen LogP contribution in [0.25, 0.3) is 0 Å². The summed E-state index contributed by atoms with van der Waals surface area (Å²) < 4.78 is 10.1. The topological polar surface area (TPSA) is 79.2 Å². The van der Waals surface area contributed by atoms with E-state index in [9.17, 15) is 15.0 Å². The molecule has 2 aromatic carbocycles. The van der Waals surface area contributed by atoms with Crippen molar-refractivity contribution in [3.8, 4) is 23.0 Å². The Morgan fingerprint density at radius 3 is 2.28 bits per heavy atom. The van der Waals surface area contributed by atoms with E-state index in [1.54, 1.807) is 42.3 Å². The number of carbonyl (C=O) groups excluding carboxylic acids is 1. The highest BCUT2D eigenvalue weighted by atomic mass is 16.5. The molecule has 1 amide bonds. The van der Waals surface area contributed by atoms with E-state index in [-0.39, 0.29) is 23.8 Å². The second kappa shape index (κ2) is 8.28. The number of likely N-dealkylation sites (N-methyl/N-ethyl adjacent to an activating group) is 1. The number of nitrogens with zero attached hydrogens (tertiary/aromatic N) is 1. The smallest absolute Gasteiger partial charge is 0.226 e. The van der Waals surface area contributed by atoms with Gasteiger partial charge in [-0.3, -0.25) is 4.79 Å². The summed E-state index contributed by atoms with van der Waals surface area (Å²) in [7, 11) is 4.72. The van der Waals surface area contributed by atoms with Gasteiger partial charge in [-0.2, -0.15) is 0 Å². The summed E-state index contributed by atoms with van der Waals surface area (Å²) in [4.78, 5) is 14.0. The molecule has 0 atom stereocenters. The number of phenols is 2. The first kappa shape index (κ1) is 18.4. The number of amides is 1. The lowest BCUT2D eigenvalue weighted by atomic mass is 10.1. The molecule has 25 heavy (non-hydrogen) atoms. The monoisotopic (exact) mass is 345 g/mol. The Hall–Kier alpha value is -2.89. The van der Waals surface area contributed by atoms with Crippen LogP contribution in [0.5, 0.6) is 23.0 Å². The quantitative estimate of drug-likeness (QED) is 0.805. The van der Waals surface area contributed by atoms with Crippen LogP contribution in [-0.2, 0) is 17.6 Å². The Labute approximate surface area is 147 Å². The minimum Gasteiger partial charge on any atom is -0.504 e. The summed E-state index contributed by atoms with van der Waals surface area (Å²) >= 11 is 0. The summed E-state index contributed by atoms with van der Waals surface area (Å²) in [6.07, 6.45) is 0.847. The molecule has 6 heteroatoms. The van der Waals surface area contributed by atoms with Gasteiger partial charge in [0.1, 0.15) is 0 Å². The molecule has 0 heterocycles. The first-order valence-electron chi connectivity index (χ1n) is 7.90. The largest absolute Gasteiger partial charge is 0.504 e. The fraction of sp³-hybridized carbons (Fsp3) is 0.316. The average molecular weight is 345 g/mol. The zero-order valence-corrected chi connectivity index (χ0v) is 14.7. The van der Waals surface area contributed by atoms with Crippen molar-refractivity contribution in [2.45, 2.75) is 12.8 Å². The van der Waals surface area contributed by atoms with Crippen LogP contribution in [-0.4, -0.2) is 48.8 Å². The third-order valence-corrected chi connectivity index (χ3v) is 4.00. The highest BCUT2D eigenvalue weighted by molar-refractivity contribution is 5.78. The van der Waals surface area contributed by atoms with Crippen LogP contribution in [0.15, 0.2) is 36.4 Å². The molecule has 2 rings (SSSR count). The van der Waals surface area contributed by atoms with Gasteiger partial charge in [-0.25, -0.2) is 0 Å². The number of methoxy groups -OCH3 is 2. The number of carbonyl (C=O) groups is 1. The van der Waals surface area contributed by atoms with Crippen molar-refractivity contribution in [3.05, 3.63) is 47.5 Å². The molecule has 0 saturated heterocycles. The molecule has 6 nitrogen and oxygen atoms in total. The number of aromatic hydroxyl groups is 2. The van der Waals surface area contributed by atoms with Gasteiger partial charge in [0.2, 0.25) is 5.91 Å². The van der Waals surface area contributed by atoms with Crippen LogP contribution in [0, 0.1) is 0 Å². The first-order chi connectivity index (χ1) is 11.9. The van der Waals surface area contributed by atoms with Crippen LogP contribution < -0.4 is 9.47 Å². The summed E-state index contributed by atoms with van der Waals surface area (Å²) in [6, 6.07) is 10.1. The van der Waals surface area contributed by atoms with Crippen molar-refractivity contribution in [1.29, 1.82) is 0 Å². The van der Waals surface area contributed by atoms with Crippen LogP contribution in [0.3, 0.4) is 0 Å². The molecule has 2 aromatic rings. The maximum Gasteiger partial charge on any atom is 0.226 e. The van der Waals surface area contributed by atoms with Crippen molar-refractivity contribution in [2.75, 3.05) is 27.8 Å². The third kappa shape index (κ3) is 4.79. The number of hydrogen-bond acceptors (Lipinski definition) is 5. The maximum absolute atomic E-state index is 12.3. The van der Waals surface area contributed by atoms with Crippen molar-refractivity contribution >= 4 is 5.91 Å². The molecule has 0 aliphatic carbocycles. The van der Waals surface area contributed by atoms with Gasteiger partial charge in [0.25, 0.3) is 0 Å². The van der Waals surface area contributed by atoms with Crippen molar-refractivity contribution < 1.29 is 24.5 Å². The summed E-state index contributed by atoms with van der Waals surface area (Å²) in [5.74, 6) is 0.864. The van der Waals surface area contributed by atoms with E-state index in [4.69, 9.17) is 9.47 Å². The van der Waals surface area contributed by atoms with E-state index >= 15 is 0 Å². The van der Waals surface area contributed by atoms with Crippen LogP contribution in [0.4, 0.5) is 0 Å². The lowest BCUT2D eigenvalue weighted by molar-refractivity contribution is -0.129. The molecule has 0 radical (unpaired) electrons. The van der Waals surface area contributed by atoms with Crippen LogP contribution in [0.1, 0.15) is 11.1 Å². The van der Waals surface area contributed by atoms with Gasteiger partial charge in [-0.1, -0.05) is 12.1 Å². The lowest BCUT2D eigenvalue weighted by Crippen LogP contribution is -2.30. The van der Waals surface area contributed by atoms with E-state index in [0.29, 0.717) is 24.5 Å². The Morgan fingerprint density at radius 2 is 1.64 bits per heavy atom. The predicted octanol–water partition coefficient (Wildman–Crippen LogP) is 2.36. The third-order valence-electron chi connectivity index (χ3n) is 4.00. The number of phenolic OH excluding ortho intramolecular Hbond substituents is 2. The fourth-order valence-corrected chi connectivity index (χ4v) is 2.45. The van der Waals surface area contributed by atoms with E-state index in [1.165, 1.54) is 20.3 Å². The molecule has 0 fully saturated rings. The maximum atomic E-state index is 12.3. The molecule has 0 aliphatic rings. The molecule has 0 bridgehead atoms. The standard InChI is InChI=1S/C19H23NO5/c1-20(9-8-13-4-6-15(21)18(11-13)25-3)19(23)12-14-5-7-17(24-2)16(22)10-14/h4-7,10-11,21-22H,8-9,12H2,1-3H3. The minimum atomic E-state index is -0.0460. The predicted molar refractivity (Wildman–Crippen MR) is 94.4 cm³/mol. The Kier molecular flexibility index (Phi) is 6.11. The SMILES string of the molecule is COc1ccc(CC(=O)N(C)CCc2ccc(O)c(OC)c2)cc1O. The summed E-state index contributed by atoms with van der Waals surface area (Å²) in [6.45, 7) is 0.537. The normalized spacial score (nSPS) is 10.4. The zero-order valence-electron chi connectivity index (χ0n) is 14.7. The van der Waals surface area contributed by atoms with Crippen LogP contribution >= 0.6 is 0 Å². The van der Waals surface area contributed by atoms with Crippen molar-refractivity contribution in [2.24, 2.45) is 0 Å². The Morgan fingerprint density at radius 1 is 0.960 bits per heavy atom. The molecule has 0 aliphatic heterocycles. The number of benzene rings is 2. The molecular formula is C19H23NO5. The Bertz CT molecular complexity index is 745. The zero-order chi connectivity index (χ0) is 18.4.